The molecule has 1 aliphatic carbocycles. The lowest BCUT2D eigenvalue weighted by molar-refractivity contribution is -0.147. The van der Waals surface area contributed by atoms with E-state index in [0.29, 0.717) is 18.6 Å². The van der Waals surface area contributed by atoms with Crippen LogP contribution in [-0.4, -0.2) is 35.0 Å². The molecular weight excluding hydrogens is 420 g/mol. The summed E-state index contributed by atoms with van der Waals surface area (Å²) in [6.45, 7) is 1.43. The third-order valence-corrected chi connectivity index (χ3v) is 6.42. The average Bonchev–Trinajstić information content (AvgIpc) is 2.83. The summed E-state index contributed by atoms with van der Waals surface area (Å²) in [5, 5.41) is 1.07. The number of ether oxygens (including phenoxy) is 1. The van der Waals surface area contributed by atoms with Crippen LogP contribution in [0, 0.1) is 17.8 Å². The highest BCUT2D eigenvalue weighted by molar-refractivity contribution is 5.85. The molecule has 0 radical (unpaired) electrons. The Labute approximate surface area is 195 Å². The van der Waals surface area contributed by atoms with Crippen LogP contribution in [0.2, 0.25) is 0 Å². The van der Waals surface area contributed by atoms with Crippen molar-refractivity contribution in [1.29, 1.82) is 0 Å². The molecule has 1 saturated carbocycles. The molecule has 6 rings (SSSR count). The number of halogens is 1. The average molecular weight is 447 g/mol. The number of fused-ring (bicyclic) bond motifs is 4. The second kappa shape index (κ2) is 10.1. The minimum atomic E-state index is 0. The second-order valence-electron chi connectivity index (χ2n) is 8.39. The fraction of sp³-hybridized carbons (Fsp3) is 0.333. The Morgan fingerprint density at radius 1 is 0.969 bits per heavy atom. The SMILES string of the molecule is Cl.O=C1C2CCC(CC2)N1CCCOc1ccc(C#Cc2cccc3ncccc23)cc1. The summed E-state index contributed by atoms with van der Waals surface area (Å²) < 4.78 is 5.89. The molecule has 3 heterocycles. The van der Waals surface area contributed by atoms with Crippen molar-refractivity contribution in [3.05, 3.63) is 71.9 Å². The largest absolute Gasteiger partial charge is 0.494 e. The topological polar surface area (TPSA) is 42.4 Å². The predicted molar refractivity (Wildman–Crippen MR) is 129 cm³/mol. The number of carbonyl (C=O) groups is 1. The minimum Gasteiger partial charge on any atom is -0.494 e. The molecule has 32 heavy (non-hydrogen) atoms. The first-order valence-electron chi connectivity index (χ1n) is 11.2. The Balaban J connectivity index is 0.00000245. The van der Waals surface area contributed by atoms with Crippen molar-refractivity contribution in [2.24, 2.45) is 5.92 Å². The van der Waals surface area contributed by atoms with Crippen LogP contribution in [0.1, 0.15) is 43.2 Å². The van der Waals surface area contributed by atoms with Crippen molar-refractivity contribution in [3.8, 4) is 17.6 Å². The summed E-state index contributed by atoms with van der Waals surface area (Å²) in [5.74, 6) is 7.98. The highest BCUT2D eigenvalue weighted by Gasteiger charge is 2.39. The zero-order chi connectivity index (χ0) is 21.0. The number of amides is 1. The van der Waals surface area contributed by atoms with Crippen molar-refractivity contribution in [3.63, 3.8) is 0 Å². The van der Waals surface area contributed by atoms with Crippen LogP contribution in [0.4, 0.5) is 0 Å². The van der Waals surface area contributed by atoms with Crippen molar-refractivity contribution >= 4 is 29.2 Å². The number of rotatable bonds is 5. The zero-order valence-corrected chi connectivity index (χ0v) is 18.8. The molecule has 0 unspecified atom stereocenters. The van der Waals surface area contributed by atoms with E-state index in [2.05, 4.69) is 21.7 Å². The van der Waals surface area contributed by atoms with Crippen LogP contribution in [0.5, 0.6) is 5.75 Å². The lowest BCUT2D eigenvalue weighted by atomic mass is 9.79. The van der Waals surface area contributed by atoms with Gasteiger partial charge in [0.25, 0.3) is 0 Å². The summed E-state index contributed by atoms with van der Waals surface area (Å²) >= 11 is 0. The van der Waals surface area contributed by atoms with Gasteiger partial charge in [-0.15, -0.1) is 12.4 Å². The van der Waals surface area contributed by atoms with Gasteiger partial charge < -0.3 is 9.64 Å². The number of aromatic nitrogens is 1. The normalized spacial score (nSPS) is 19.2. The maximum absolute atomic E-state index is 12.4. The Kier molecular flexibility index (Phi) is 6.97. The van der Waals surface area contributed by atoms with Crippen molar-refractivity contribution in [2.75, 3.05) is 13.2 Å². The number of carbonyl (C=O) groups excluding carboxylic acids is 1. The second-order valence-corrected chi connectivity index (χ2v) is 8.39. The molecule has 3 aliphatic rings. The third kappa shape index (κ3) is 4.74. The van der Waals surface area contributed by atoms with E-state index in [-0.39, 0.29) is 18.3 Å². The van der Waals surface area contributed by atoms with Crippen molar-refractivity contribution in [1.82, 2.24) is 9.88 Å². The summed E-state index contributed by atoms with van der Waals surface area (Å²) in [5.41, 5.74) is 2.88. The molecule has 0 N–H and O–H groups in total. The molecule has 3 fully saturated rings. The fourth-order valence-corrected chi connectivity index (χ4v) is 4.75. The van der Waals surface area contributed by atoms with Gasteiger partial charge in [0.2, 0.25) is 5.91 Å². The Morgan fingerprint density at radius 2 is 1.78 bits per heavy atom. The Hall–Kier alpha value is -3.03. The quantitative estimate of drug-likeness (QED) is 0.398. The van der Waals surface area contributed by atoms with Crippen LogP contribution < -0.4 is 4.74 Å². The summed E-state index contributed by atoms with van der Waals surface area (Å²) in [4.78, 5) is 18.9. The van der Waals surface area contributed by atoms with Gasteiger partial charge in [0.15, 0.2) is 0 Å². The molecule has 2 saturated heterocycles. The van der Waals surface area contributed by atoms with Crippen LogP contribution in [-0.2, 0) is 4.79 Å². The molecule has 0 atom stereocenters. The summed E-state index contributed by atoms with van der Waals surface area (Å²) in [7, 11) is 0. The van der Waals surface area contributed by atoms with E-state index in [4.69, 9.17) is 4.74 Å². The molecule has 5 heteroatoms. The van der Waals surface area contributed by atoms with Gasteiger partial charge in [-0.05, 0) is 74.6 Å². The fourth-order valence-electron chi connectivity index (χ4n) is 4.75. The van der Waals surface area contributed by atoms with E-state index in [9.17, 15) is 4.79 Å². The van der Waals surface area contributed by atoms with E-state index >= 15 is 0 Å². The van der Waals surface area contributed by atoms with Gasteiger partial charge in [-0.3, -0.25) is 9.78 Å². The van der Waals surface area contributed by atoms with Gasteiger partial charge >= 0.3 is 0 Å². The van der Waals surface area contributed by atoms with Gasteiger partial charge in [0.05, 0.1) is 12.1 Å². The number of nitrogens with zero attached hydrogens (tertiary/aromatic N) is 2. The lowest BCUT2D eigenvalue weighted by Crippen LogP contribution is -2.52. The predicted octanol–water partition coefficient (Wildman–Crippen LogP) is 5.23. The monoisotopic (exact) mass is 446 g/mol. The van der Waals surface area contributed by atoms with Gasteiger partial charge in [-0.2, -0.15) is 0 Å². The molecule has 164 valence electrons. The summed E-state index contributed by atoms with van der Waals surface area (Å²) in [6.07, 6.45) is 7.19. The maximum atomic E-state index is 12.4. The number of benzene rings is 2. The molecule has 3 aromatic rings. The van der Waals surface area contributed by atoms with Crippen LogP contribution in [0.25, 0.3) is 10.9 Å². The minimum absolute atomic E-state index is 0. The number of piperidine rings is 2. The first kappa shape index (κ1) is 22.2. The Morgan fingerprint density at radius 3 is 2.56 bits per heavy atom. The van der Waals surface area contributed by atoms with E-state index < -0.39 is 0 Å². The van der Waals surface area contributed by atoms with E-state index in [0.717, 1.165) is 53.6 Å². The highest BCUT2D eigenvalue weighted by atomic mass is 35.5. The molecule has 1 amide bonds. The van der Waals surface area contributed by atoms with Gasteiger partial charge in [-0.1, -0.05) is 24.0 Å². The van der Waals surface area contributed by atoms with Gasteiger partial charge in [-0.25, -0.2) is 0 Å². The standard InChI is InChI=1S/C27H26N2O2.ClH/c30-27-22-11-13-23(14-12-22)29(27)18-3-19-31-24-15-8-20(9-16-24)7-10-21-4-1-6-26-25(21)5-2-17-28-26;/h1-2,4-6,8-9,15-17,22-23H,3,11-14,18-19H2;1H. The molecule has 0 spiro atoms. The van der Waals surface area contributed by atoms with E-state index in [1.165, 1.54) is 12.8 Å². The first-order valence-corrected chi connectivity index (χ1v) is 11.2. The molecule has 4 nitrogen and oxygen atoms in total. The van der Waals surface area contributed by atoms with Crippen LogP contribution >= 0.6 is 12.4 Å². The van der Waals surface area contributed by atoms with E-state index in [1.54, 1.807) is 6.20 Å². The number of hydrogen-bond donors (Lipinski definition) is 0. The van der Waals surface area contributed by atoms with Crippen LogP contribution in [0.3, 0.4) is 0 Å². The highest BCUT2D eigenvalue weighted by Crippen LogP contribution is 2.35. The van der Waals surface area contributed by atoms with E-state index in [1.807, 2.05) is 54.6 Å². The number of hydrogen-bond acceptors (Lipinski definition) is 3. The zero-order valence-electron chi connectivity index (χ0n) is 18.0. The van der Waals surface area contributed by atoms with Crippen molar-refractivity contribution in [2.45, 2.75) is 38.1 Å². The lowest BCUT2D eigenvalue weighted by Gasteiger charge is -2.44. The summed E-state index contributed by atoms with van der Waals surface area (Å²) in [6, 6.07) is 18.3. The molecule has 1 aromatic heterocycles. The first-order chi connectivity index (χ1) is 15.3. The maximum Gasteiger partial charge on any atom is 0.225 e. The Bertz CT molecular complexity index is 1140. The smallest absolute Gasteiger partial charge is 0.225 e. The molecular formula is C27H27ClN2O2. The number of pyridine rings is 1. The van der Waals surface area contributed by atoms with Crippen LogP contribution in [0.15, 0.2) is 60.8 Å². The molecule has 2 bridgehead atoms. The third-order valence-electron chi connectivity index (χ3n) is 6.42. The van der Waals surface area contributed by atoms with Gasteiger partial charge in [0.1, 0.15) is 5.75 Å². The van der Waals surface area contributed by atoms with Crippen molar-refractivity contribution < 1.29 is 9.53 Å². The van der Waals surface area contributed by atoms with Gasteiger partial charge in [0, 0.05) is 41.2 Å². The molecule has 2 aromatic carbocycles. The molecule has 2 aliphatic heterocycles.